The van der Waals surface area contributed by atoms with Crippen molar-refractivity contribution in [1.29, 1.82) is 0 Å². The Bertz CT molecular complexity index is 7230. The second-order valence-electron chi connectivity index (χ2n) is 33.6. The lowest BCUT2D eigenvalue weighted by Crippen LogP contribution is -2.61. The fourth-order valence-corrected chi connectivity index (χ4v) is 34.1. The van der Waals surface area contributed by atoms with Crippen molar-refractivity contribution in [1.82, 2.24) is 79.7 Å². The first kappa shape index (κ1) is 91.8. The van der Waals surface area contributed by atoms with Crippen LogP contribution in [0.3, 0.4) is 0 Å². The van der Waals surface area contributed by atoms with E-state index in [1.807, 2.05) is 194 Å². The van der Waals surface area contributed by atoms with Gasteiger partial charge in [0.15, 0.2) is 140 Å². The van der Waals surface area contributed by atoms with Crippen LogP contribution in [-0.2, 0) is 8.23 Å². The lowest BCUT2D eigenvalue weighted by Gasteiger charge is -2.35. The zero-order valence-electron chi connectivity index (χ0n) is 72.2. The zero-order valence-corrected chi connectivity index (χ0v) is 76.2. The molecule has 16 bridgehead atoms. The van der Waals surface area contributed by atoms with E-state index in [9.17, 15) is 87.8 Å². The number of nitrogens with one attached hydrogen (secondary N) is 4. The van der Waals surface area contributed by atoms with Gasteiger partial charge in [-0.05, 0) is 52.4 Å². The van der Waals surface area contributed by atoms with E-state index < -0.39 is 170 Å². The van der Waals surface area contributed by atoms with E-state index >= 15 is 0 Å². The van der Waals surface area contributed by atoms with Gasteiger partial charge in [0.1, 0.15) is 45.2 Å². The third kappa shape index (κ3) is 15.6. The molecule has 4 N–H and O–H groups in total. The Balaban J connectivity index is 0.000000119. The van der Waals surface area contributed by atoms with E-state index in [0.717, 1.165) is 140 Å². The minimum Gasteiger partial charge on any atom is -0.448 e. The van der Waals surface area contributed by atoms with Gasteiger partial charge in [0.2, 0.25) is 56.5 Å². The number of hydrogen-bond acceptors (Lipinski definition) is 14. The maximum absolute atomic E-state index is 14.1. The molecule has 0 saturated heterocycles. The van der Waals surface area contributed by atoms with Gasteiger partial charge in [-0.3, -0.25) is 0 Å². The minimum atomic E-state index is -4.17. The van der Waals surface area contributed by atoms with Crippen LogP contribution in [0.15, 0.2) is 194 Å². The molecule has 0 saturated carbocycles. The van der Waals surface area contributed by atoms with Crippen LogP contribution in [0.5, 0.6) is 0 Å². The van der Waals surface area contributed by atoms with Gasteiger partial charge in [0.25, 0.3) is 0 Å². The molecule has 18 nitrogen and oxygen atoms in total. The smallest absolute Gasteiger partial charge is 0.212 e. The topological polar surface area (TPSA) is 236 Å². The molecule has 42 heteroatoms. The molecule has 4 aliphatic heterocycles. The molecule has 0 amide bonds. The number of rotatable bonds is 8. The van der Waals surface area contributed by atoms with E-state index in [0.29, 0.717) is 91.8 Å². The van der Waals surface area contributed by atoms with E-state index in [1.54, 1.807) is 0 Å². The number of fused-ring (bicyclic) bond motifs is 40. The summed E-state index contributed by atoms with van der Waals surface area (Å²) in [6, 6.07) is 64.5. The van der Waals surface area contributed by atoms with Crippen LogP contribution in [0.1, 0.15) is 0 Å². The van der Waals surface area contributed by atoms with Crippen molar-refractivity contribution in [3.8, 4) is 91.1 Å². The number of H-pyrrole nitrogens is 4. The van der Waals surface area contributed by atoms with Gasteiger partial charge in [0.05, 0.1) is 0 Å². The SMILES string of the molecule is C[Si](C)(O[Si](C)(C)c1c(F)c(F)c(F)c(F)c1F)c1c(F)c(F)c(F)c(F)c1F.C[Si](C)(O[Si](C)(C)c1c(F)c(F)c(F)c(F)c1F)c1c(F)c(F)c(F)c(F)c1F.c1ccc2c(c1)-c1nc-2nc2[nH]c(nc3nc(nc4[nH]c(n1)c1ccccc41)-c1ccccc1-3)c1ccccc21.c1ccc2c(c1)-c1nc-2nc2[nH]c(nc3nc(nc4[nH]c(n1)c1ccccc41)-c1ccccc1-3)c1ccccc21. The Morgan fingerprint density at radius 1 is 0.159 bits per heavy atom. The zero-order chi connectivity index (χ0) is 97.7. The summed E-state index contributed by atoms with van der Waals surface area (Å²) >= 11 is 0. The first-order valence-corrected chi connectivity index (χ1v) is 53.2. The molecule has 10 heterocycles. The minimum absolute atomic E-state index is 0.597. The Morgan fingerprint density at radius 3 is 0.391 bits per heavy atom. The molecule has 12 aromatic carbocycles. The Kier molecular flexibility index (Phi) is 23.0. The van der Waals surface area contributed by atoms with E-state index in [4.69, 9.17) is 68.0 Å². The molecule has 18 aromatic rings. The predicted octanol–water partition coefficient (Wildman–Crippen LogP) is 23.0. The molecule has 0 atom stereocenters. The molecule has 0 spiro atoms. The average molecular weight is 1960 g/mol. The number of hydrogen-bond donors (Lipinski definition) is 4. The molecule has 0 fully saturated rings. The summed E-state index contributed by atoms with van der Waals surface area (Å²) in [6.45, 7) is 7.71. The van der Waals surface area contributed by atoms with Gasteiger partial charge in [-0.2, -0.15) is 0 Å². The number of aromatic nitrogens is 16. The quantitative estimate of drug-likeness (QED) is 0.0479. The molecule has 4 aliphatic rings. The lowest BCUT2D eigenvalue weighted by molar-refractivity contribution is 0.379. The first-order valence-electron chi connectivity index (χ1n) is 41.6. The highest BCUT2D eigenvalue weighted by Crippen LogP contribution is 2.42. The van der Waals surface area contributed by atoms with Crippen molar-refractivity contribution >= 4 is 142 Å². The standard InChI is InChI=1S/2C32H18N8.2C16H12F10OSi2/c2*1-2-10-18-17(9-1)25-33-26(18)38-28-21-13-5-6-14-22(21)30(35-28)40-32-24-16-8-7-15-23(24)31(36-32)39-29-20-12-4-3-11-19(20)27(34-29)37-25;2*1-28(2,15-11(23)7(19)5(17)8(20)12(15)24)27-29(3,4)16-13(25)9(21)6(18)10(22)14(16)26/h2*1-16H,(H2,33,34,35,36,37,38,39,40);2*1-4H3. The van der Waals surface area contributed by atoms with Crippen molar-refractivity contribution in [3.05, 3.63) is 310 Å². The average Bonchev–Trinajstić information content (AvgIpc) is 1.27. The maximum Gasteiger partial charge on any atom is 0.212 e. The molecule has 692 valence electrons. The van der Waals surface area contributed by atoms with Crippen LogP contribution in [0.25, 0.3) is 179 Å². The maximum atomic E-state index is 14.1. The predicted molar refractivity (Wildman–Crippen MR) is 488 cm³/mol. The highest BCUT2D eigenvalue weighted by Gasteiger charge is 2.49. The van der Waals surface area contributed by atoms with E-state index in [2.05, 4.69) is 19.9 Å². The third-order valence-corrected chi connectivity index (χ3v) is 37.9. The molecule has 138 heavy (non-hydrogen) atoms. The van der Waals surface area contributed by atoms with Crippen LogP contribution in [0.2, 0.25) is 52.4 Å². The number of nitrogens with zero attached hydrogens (tertiary/aromatic N) is 12. The summed E-state index contributed by atoms with van der Waals surface area (Å²) in [5.41, 5.74) is 12.9. The fraction of sp³-hybridized carbons (Fsp3) is 0.0833. The highest BCUT2D eigenvalue weighted by molar-refractivity contribution is 6.98. The Labute approximate surface area is 768 Å². The molecular weight excluding hydrogens is 1900 g/mol. The monoisotopic (exact) mass is 1960 g/mol. The summed E-state index contributed by atoms with van der Waals surface area (Å²) < 4.78 is 285. The first-order chi connectivity index (χ1) is 65.7. The van der Waals surface area contributed by atoms with Crippen molar-refractivity contribution in [3.63, 3.8) is 0 Å². The second kappa shape index (κ2) is 34.5. The second-order valence-corrected chi connectivity index (χ2v) is 49.3. The molecule has 0 unspecified atom stereocenters. The Morgan fingerprint density at radius 2 is 0.268 bits per heavy atom. The van der Waals surface area contributed by atoms with Gasteiger partial charge in [0, 0.05) is 108 Å². The van der Waals surface area contributed by atoms with Crippen LogP contribution in [-0.4, -0.2) is 113 Å². The van der Waals surface area contributed by atoms with Crippen molar-refractivity contribution in [2.24, 2.45) is 0 Å². The summed E-state index contributed by atoms with van der Waals surface area (Å²) in [7, 11) is -16.7. The molecule has 22 rings (SSSR count). The number of halogens is 20. The van der Waals surface area contributed by atoms with Crippen LogP contribution in [0.4, 0.5) is 87.8 Å². The van der Waals surface area contributed by atoms with Gasteiger partial charge in [-0.25, -0.2) is 148 Å². The van der Waals surface area contributed by atoms with Crippen LogP contribution < -0.4 is 20.7 Å². The van der Waals surface area contributed by atoms with Crippen molar-refractivity contribution in [2.75, 3.05) is 0 Å². The van der Waals surface area contributed by atoms with Crippen LogP contribution >= 0.6 is 0 Å². The highest BCUT2D eigenvalue weighted by atomic mass is 28.4. The summed E-state index contributed by atoms with van der Waals surface area (Å²) in [5, 5.41) is 2.36. The molecular formula is C96H60F20N16O2Si4. The molecule has 0 aliphatic carbocycles. The fourth-order valence-electron chi connectivity index (χ4n) is 17.2. The molecule has 6 aromatic heterocycles. The number of benzene rings is 12. The summed E-state index contributed by atoms with van der Waals surface area (Å²) in [6.07, 6.45) is 0. The van der Waals surface area contributed by atoms with Gasteiger partial charge < -0.3 is 28.2 Å². The molecule has 0 radical (unpaired) electrons. The van der Waals surface area contributed by atoms with Crippen LogP contribution in [0, 0.1) is 116 Å². The largest absolute Gasteiger partial charge is 0.448 e. The summed E-state index contributed by atoms with van der Waals surface area (Å²) in [5.74, 6) is -40.4. The van der Waals surface area contributed by atoms with Crippen molar-refractivity contribution in [2.45, 2.75) is 52.4 Å². The van der Waals surface area contributed by atoms with E-state index in [-0.39, 0.29) is 0 Å². The van der Waals surface area contributed by atoms with Gasteiger partial charge >= 0.3 is 0 Å². The summed E-state index contributed by atoms with van der Waals surface area (Å²) in [4.78, 5) is 73.5. The normalized spacial score (nSPS) is 12.3. The van der Waals surface area contributed by atoms with Gasteiger partial charge in [-0.1, -0.05) is 194 Å². The Hall–Kier alpha value is -15.3. The van der Waals surface area contributed by atoms with E-state index in [1.165, 1.54) is 0 Å². The van der Waals surface area contributed by atoms with Crippen molar-refractivity contribution < 1.29 is 96.0 Å². The van der Waals surface area contributed by atoms with Gasteiger partial charge in [-0.15, -0.1) is 0 Å². The number of aromatic amines is 4. The third-order valence-electron chi connectivity index (χ3n) is 23.2. The lowest BCUT2D eigenvalue weighted by atomic mass is 10.1.